The number of aromatic nitrogens is 3. The van der Waals surface area contributed by atoms with Crippen molar-refractivity contribution in [3.63, 3.8) is 0 Å². The molecule has 0 spiro atoms. The molecule has 42 heavy (non-hydrogen) atoms. The molecule has 4 nitrogen and oxygen atoms in total. The number of benzene rings is 4. The molecular formula is C38H27N3O. The van der Waals surface area contributed by atoms with Gasteiger partial charge in [0, 0.05) is 27.6 Å². The van der Waals surface area contributed by atoms with Crippen LogP contribution in [0.4, 0.5) is 0 Å². The maximum atomic E-state index is 6.06. The lowest BCUT2D eigenvalue weighted by Crippen LogP contribution is -1.95. The Labute approximate surface area is 244 Å². The van der Waals surface area contributed by atoms with E-state index in [0.717, 1.165) is 72.5 Å². The largest absolute Gasteiger partial charge is 0.454 e. The summed E-state index contributed by atoms with van der Waals surface area (Å²) in [5.41, 5.74) is 10.5. The van der Waals surface area contributed by atoms with Crippen molar-refractivity contribution in [1.29, 1.82) is 0 Å². The molecular weight excluding hydrogens is 514 g/mol. The lowest BCUT2D eigenvalue weighted by atomic mass is 10.0. The van der Waals surface area contributed by atoms with E-state index in [4.69, 9.17) is 19.4 Å². The van der Waals surface area contributed by atoms with E-state index in [1.807, 2.05) is 55.5 Å². The Balaban J connectivity index is 1.27. The van der Waals surface area contributed by atoms with Crippen LogP contribution in [0.2, 0.25) is 0 Å². The molecule has 4 aromatic carbocycles. The zero-order valence-electron chi connectivity index (χ0n) is 23.2. The Morgan fingerprint density at radius 2 is 1.24 bits per heavy atom. The number of rotatable bonds is 6. The van der Waals surface area contributed by atoms with Gasteiger partial charge in [-0.25, -0.2) is 15.0 Å². The fourth-order valence-electron chi connectivity index (χ4n) is 5.28. The normalized spacial score (nSPS) is 11.5. The van der Waals surface area contributed by atoms with Gasteiger partial charge in [-0.05, 0) is 48.4 Å². The van der Waals surface area contributed by atoms with Crippen LogP contribution in [0.5, 0.6) is 0 Å². The second-order valence-electron chi connectivity index (χ2n) is 10.1. The van der Waals surface area contributed by atoms with Gasteiger partial charge in [0.05, 0.1) is 16.9 Å². The highest BCUT2D eigenvalue weighted by atomic mass is 16.3. The molecule has 0 unspecified atom stereocenters. The highest BCUT2D eigenvalue weighted by Crippen LogP contribution is 2.33. The molecule has 0 aliphatic heterocycles. The third-order valence-corrected chi connectivity index (χ3v) is 7.38. The van der Waals surface area contributed by atoms with Crippen molar-refractivity contribution in [1.82, 2.24) is 15.0 Å². The van der Waals surface area contributed by atoms with E-state index in [0.29, 0.717) is 5.82 Å². The summed E-state index contributed by atoms with van der Waals surface area (Å²) >= 11 is 0. The van der Waals surface area contributed by atoms with Gasteiger partial charge in [0.1, 0.15) is 11.3 Å². The molecule has 200 valence electrons. The third kappa shape index (κ3) is 4.69. The van der Waals surface area contributed by atoms with Crippen molar-refractivity contribution in [3.05, 3.63) is 139 Å². The van der Waals surface area contributed by atoms with Gasteiger partial charge in [-0.15, -0.1) is 0 Å². The molecule has 0 fully saturated rings. The maximum absolute atomic E-state index is 6.06. The molecule has 0 bridgehead atoms. The van der Waals surface area contributed by atoms with E-state index in [2.05, 4.69) is 85.4 Å². The molecule has 0 amide bonds. The van der Waals surface area contributed by atoms with Crippen LogP contribution < -0.4 is 0 Å². The average molecular weight is 542 g/mol. The van der Waals surface area contributed by atoms with E-state index in [9.17, 15) is 0 Å². The van der Waals surface area contributed by atoms with Gasteiger partial charge in [-0.1, -0.05) is 110 Å². The molecule has 3 aromatic heterocycles. The summed E-state index contributed by atoms with van der Waals surface area (Å²) in [6.45, 7) is 5.88. The number of fused-ring (bicyclic) bond motifs is 2. The topological polar surface area (TPSA) is 51.8 Å². The quantitative estimate of drug-likeness (QED) is 0.210. The molecule has 0 aliphatic rings. The Hall–Kier alpha value is -5.61. The second kappa shape index (κ2) is 10.8. The number of furan rings is 1. The number of hydrogen-bond donors (Lipinski definition) is 0. The number of nitrogens with zero attached hydrogens (tertiary/aromatic N) is 3. The molecule has 0 N–H and O–H groups in total. The fraction of sp³-hybridized carbons (Fsp3) is 0.0263. The lowest BCUT2D eigenvalue weighted by Gasteiger charge is -2.10. The Bertz CT molecular complexity index is 2030. The minimum atomic E-state index is 0.694. The molecule has 0 aliphatic carbocycles. The second-order valence-corrected chi connectivity index (χ2v) is 10.1. The highest BCUT2D eigenvalue weighted by Gasteiger charge is 2.14. The molecule has 0 saturated heterocycles. The van der Waals surface area contributed by atoms with Gasteiger partial charge >= 0.3 is 0 Å². The summed E-state index contributed by atoms with van der Waals surface area (Å²) < 4.78 is 6.06. The van der Waals surface area contributed by atoms with Crippen LogP contribution in [0.1, 0.15) is 18.2 Å². The Morgan fingerprint density at radius 3 is 1.86 bits per heavy atom. The van der Waals surface area contributed by atoms with Gasteiger partial charge in [-0.2, -0.15) is 0 Å². The fourth-order valence-corrected chi connectivity index (χ4v) is 5.28. The van der Waals surface area contributed by atoms with Crippen LogP contribution in [0.3, 0.4) is 0 Å². The van der Waals surface area contributed by atoms with E-state index in [-0.39, 0.29) is 0 Å². The number of hydrogen-bond acceptors (Lipinski definition) is 4. The summed E-state index contributed by atoms with van der Waals surface area (Å²) in [5.74, 6) is 1.43. The first kappa shape index (κ1) is 25.4. The Morgan fingerprint density at radius 1 is 0.619 bits per heavy atom. The van der Waals surface area contributed by atoms with Crippen molar-refractivity contribution < 1.29 is 4.42 Å². The summed E-state index contributed by atoms with van der Waals surface area (Å²) in [7, 11) is 0. The lowest BCUT2D eigenvalue weighted by molar-refractivity contribution is 0.603. The van der Waals surface area contributed by atoms with E-state index in [1.54, 1.807) is 6.08 Å². The SMILES string of the molecule is C=Cc1oc2cc3cc(-c4ccc(-c5nc(-c6ccccc6)cc(-c6ccccc6)n5)cc4)ccc3nc2c1/C=C\C. The summed E-state index contributed by atoms with van der Waals surface area (Å²) in [4.78, 5) is 14.8. The van der Waals surface area contributed by atoms with E-state index < -0.39 is 0 Å². The first-order chi connectivity index (χ1) is 20.7. The van der Waals surface area contributed by atoms with Crippen LogP contribution >= 0.6 is 0 Å². The predicted molar refractivity (Wildman–Crippen MR) is 174 cm³/mol. The van der Waals surface area contributed by atoms with Crippen molar-refractivity contribution in [2.75, 3.05) is 0 Å². The molecule has 7 rings (SSSR count). The molecule has 0 radical (unpaired) electrons. The summed E-state index contributed by atoms with van der Waals surface area (Å²) in [6.07, 6.45) is 5.73. The van der Waals surface area contributed by atoms with Crippen LogP contribution in [-0.2, 0) is 0 Å². The Kier molecular flexibility index (Phi) is 6.49. The summed E-state index contributed by atoms with van der Waals surface area (Å²) in [6, 6.07) is 39.3. The zero-order chi connectivity index (χ0) is 28.5. The highest BCUT2D eigenvalue weighted by molar-refractivity contribution is 5.97. The number of pyridine rings is 1. The van der Waals surface area contributed by atoms with Crippen molar-refractivity contribution in [2.24, 2.45) is 0 Å². The summed E-state index contributed by atoms with van der Waals surface area (Å²) in [5, 5.41) is 1.02. The predicted octanol–water partition coefficient (Wildman–Crippen LogP) is 10.1. The van der Waals surface area contributed by atoms with Crippen LogP contribution in [0.25, 0.3) is 79.2 Å². The first-order valence-electron chi connectivity index (χ1n) is 13.9. The molecule has 3 heterocycles. The van der Waals surface area contributed by atoms with Gasteiger partial charge < -0.3 is 4.42 Å². The van der Waals surface area contributed by atoms with Gasteiger partial charge in [0.15, 0.2) is 11.4 Å². The molecule has 0 atom stereocenters. The van der Waals surface area contributed by atoms with Crippen LogP contribution in [0, 0.1) is 0 Å². The van der Waals surface area contributed by atoms with Crippen molar-refractivity contribution >= 4 is 34.2 Å². The zero-order valence-corrected chi connectivity index (χ0v) is 23.2. The monoisotopic (exact) mass is 541 g/mol. The van der Waals surface area contributed by atoms with Crippen molar-refractivity contribution in [2.45, 2.75) is 6.92 Å². The van der Waals surface area contributed by atoms with Crippen LogP contribution in [-0.4, -0.2) is 15.0 Å². The third-order valence-electron chi connectivity index (χ3n) is 7.38. The molecule has 4 heteroatoms. The maximum Gasteiger partial charge on any atom is 0.160 e. The molecule has 7 aromatic rings. The first-order valence-corrected chi connectivity index (χ1v) is 13.9. The van der Waals surface area contributed by atoms with Gasteiger partial charge in [0.2, 0.25) is 0 Å². The molecule has 0 saturated carbocycles. The minimum Gasteiger partial charge on any atom is -0.454 e. The minimum absolute atomic E-state index is 0.694. The number of allylic oxidation sites excluding steroid dienone is 1. The van der Waals surface area contributed by atoms with Crippen molar-refractivity contribution in [3.8, 4) is 45.0 Å². The van der Waals surface area contributed by atoms with Crippen LogP contribution in [0.15, 0.2) is 132 Å². The smallest absolute Gasteiger partial charge is 0.160 e. The van der Waals surface area contributed by atoms with Gasteiger partial charge in [-0.3, -0.25) is 0 Å². The van der Waals surface area contributed by atoms with E-state index >= 15 is 0 Å². The standard InChI is InChI=1S/C38H27N3O/c1-3-11-31-35(4-2)42-36-23-30-22-29(20-21-32(30)39-37(31)36)25-16-18-28(19-17-25)38-40-33(26-12-7-5-8-13-26)24-34(41-38)27-14-9-6-10-15-27/h3-24H,2H2,1H3/b11-3-. The van der Waals surface area contributed by atoms with Gasteiger partial charge in [0.25, 0.3) is 0 Å². The van der Waals surface area contributed by atoms with E-state index in [1.165, 1.54) is 0 Å². The average Bonchev–Trinajstić information content (AvgIpc) is 3.40.